The van der Waals surface area contributed by atoms with Gasteiger partial charge in [0.15, 0.2) is 11.0 Å². The third-order valence-electron chi connectivity index (χ3n) is 3.93. The summed E-state index contributed by atoms with van der Waals surface area (Å²) in [5.41, 5.74) is 0.946. The summed E-state index contributed by atoms with van der Waals surface area (Å²) >= 11 is 13.1. The van der Waals surface area contributed by atoms with Gasteiger partial charge >= 0.3 is 0 Å². The number of hydrogen-bond donors (Lipinski definition) is 1. The molecule has 2 aromatic heterocycles. The first-order valence-corrected chi connectivity index (χ1v) is 10.6. The number of aromatic nitrogens is 4. The van der Waals surface area contributed by atoms with Gasteiger partial charge in [-0.1, -0.05) is 35.0 Å². The average molecular weight is 452 g/mol. The summed E-state index contributed by atoms with van der Waals surface area (Å²) in [6, 6.07) is 8.77. The predicted octanol–water partition coefficient (Wildman–Crippen LogP) is 4.62. The Kier molecular flexibility index (Phi) is 7.35. The number of pyridine rings is 1. The Hall–Kier alpha value is -2.29. The number of nitrogens with one attached hydrogen (secondary N) is 1. The number of halogens is 2. The summed E-state index contributed by atoms with van der Waals surface area (Å²) in [5, 5.41) is 12.9. The van der Waals surface area contributed by atoms with Crippen molar-refractivity contribution in [2.75, 3.05) is 11.1 Å². The molecule has 0 saturated heterocycles. The molecule has 1 aromatic carbocycles. The van der Waals surface area contributed by atoms with Crippen molar-refractivity contribution in [2.24, 2.45) is 0 Å². The standard InChI is InChI=1S/C19H19Cl2N5O2S/c1-3-26-17(10-28-15-6-4-13(20)8-12(15)2)24-25-19(26)29-11-18(27)23-16-7-5-14(21)9-22-16/h4-9H,3,10-11H2,1-2H3,(H,22,23,27). The predicted molar refractivity (Wildman–Crippen MR) is 115 cm³/mol. The summed E-state index contributed by atoms with van der Waals surface area (Å²) in [5.74, 6) is 1.86. The Bertz CT molecular complexity index is 995. The summed E-state index contributed by atoms with van der Waals surface area (Å²) in [4.78, 5) is 16.2. The number of carbonyl (C=O) groups excluding carboxylic acids is 1. The Balaban J connectivity index is 1.58. The molecule has 1 N–H and O–H groups in total. The van der Waals surface area contributed by atoms with Gasteiger partial charge in [0, 0.05) is 17.8 Å². The number of anilines is 1. The SMILES string of the molecule is CCn1c(COc2ccc(Cl)cc2C)nnc1SCC(=O)Nc1ccc(Cl)cn1. The number of nitrogens with zero attached hydrogens (tertiary/aromatic N) is 4. The largest absolute Gasteiger partial charge is 0.485 e. The van der Waals surface area contributed by atoms with Crippen LogP contribution in [-0.4, -0.2) is 31.4 Å². The number of thioether (sulfide) groups is 1. The van der Waals surface area contributed by atoms with Crippen molar-refractivity contribution >= 4 is 46.7 Å². The van der Waals surface area contributed by atoms with E-state index in [1.165, 1.54) is 18.0 Å². The van der Waals surface area contributed by atoms with Gasteiger partial charge in [-0.2, -0.15) is 0 Å². The van der Waals surface area contributed by atoms with Crippen LogP contribution in [0.25, 0.3) is 0 Å². The third kappa shape index (κ3) is 5.85. The summed E-state index contributed by atoms with van der Waals surface area (Å²) in [6.07, 6.45) is 1.48. The molecule has 0 aliphatic heterocycles. The highest BCUT2D eigenvalue weighted by molar-refractivity contribution is 7.99. The lowest BCUT2D eigenvalue weighted by Gasteiger charge is -2.10. The third-order valence-corrected chi connectivity index (χ3v) is 5.36. The van der Waals surface area contributed by atoms with Crippen LogP contribution in [0.5, 0.6) is 5.75 Å². The van der Waals surface area contributed by atoms with E-state index in [4.69, 9.17) is 27.9 Å². The van der Waals surface area contributed by atoms with E-state index in [2.05, 4.69) is 20.5 Å². The van der Waals surface area contributed by atoms with E-state index in [1.807, 2.05) is 30.5 Å². The van der Waals surface area contributed by atoms with Crippen molar-refractivity contribution in [1.82, 2.24) is 19.7 Å². The maximum atomic E-state index is 12.2. The first-order valence-electron chi connectivity index (χ1n) is 8.81. The molecule has 0 radical (unpaired) electrons. The van der Waals surface area contributed by atoms with Gasteiger partial charge in [-0.15, -0.1) is 10.2 Å². The van der Waals surface area contributed by atoms with E-state index < -0.39 is 0 Å². The van der Waals surface area contributed by atoms with Crippen LogP contribution in [0, 0.1) is 6.92 Å². The van der Waals surface area contributed by atoms with Crippen LogP contribution in [-0.2, 0) is 17.9 Å². The fourth-order valence-electron chi connectivity index (χ4n) is 2.53. The minimum atomic E-state index is -0.190. The fourth-order valence-corrected chi connectivity index (χ4v) is 3.69. The summed E-state index contributed by atoms with van der Waals surface area (Å²) in [6.45, 7) is 4.85. The Morgan fingerprint density at radius 1 is 1.21 bits per heavy atom. The van der Waals surface area contributed by atoms with Crippen molar-refractivity contribution in [1.29, 1.82) is 0 Å². The molecule has 0 fully saturated rings. The van der Waals surface area contributed by atoms with E-state index in [0.29, 0.717) is 33.4 Å². The van der Waals surface area contributed by atoms with Crippen molar-refractivity contribution < 1.29 is 9.53 Å². The van der Waals surface area contributed by atoms with E-state index in [1.54, 1.807) is 18.2 Å². The number of aryl methyl sites for hydroxylation is 1. The van der Waals surface area contributed by atoms with Gasteiger partial charge in [0.25, 0.3) is 0 Å². The molecular weight excluding hydrogens is 433 g/mol. The van der Waals surface area contributed by atoms with Crippen LogP contribution in [0.3, 0.4) is 0 Å². The highest BCUT2D eigenvalue weighted by Gasteiger charge is 2.14. The zero-order valence-electron chi connectivity index (χ0n) is 15.9. The van der Waals surface area contributed by atoms with Gasteiger partial charge in [0.1, 0.15) is 18.2 Å². The molecular formula is C19H19Cl2N5O2S. The molecule has 10 heteroatoms. The van der Waals surface area contributed by atoms with Crippen LogP contribution in [0.15, 0.2) is 41.7 Å². The van der Waals surface area contributed by atoms with Crippen molar-refractivity contribution in [3.63, 3.8) is 0 Å². The highest BCUT2D eigenvalue weighted by Crippen LogP contribution is 2.23. The number of carbonyl (C=O) groups is 1. The van der Waals surface area contributed by atoms with Crippen LogP contribution in [0.2, 0.25) is 10.0 Å². The Morgan fingerprint density at radius 3 is 2.69 bits per heavy atom. The van der Waals surface area contributed by atoms with Gasteiger partial charge in [-0.05, 0) is 49.7 Å². The molecule has 0 atom stereocenters. The van der Waals surface area contributed by atoms with Crippen LogP contribution < -0.4 is 10.1 Å². The molecule has 0 saturated carbocycles. The van der Waals surface area contributed by atoms with Gasteiger partial charge in [0.05, 0.1) is 10.8 Å². The summed E-state index contributed by atoms with van der Waals surface area (Å²) in [7, 11) is 0. The van der Waals surface area contributed by atoms with E-state index in [9.17, 15) is 4.79 Å². The normalized spacial score (nSPS) is 10.8. The van der Waals surface area contributed by atoms with Gasteiger partial charge in [-0.25, -0.2) is 4.98 Å². The molecule has 1 amide bonds. The minimum Gasteiger partial charge on any atom is -0.485 e. The second-order valence-electron chi connectivity index (χ2n) is 6.04. The second-order valence-corrected chi connectivity index (χ2v) is 7.86. The number of hydrogen-bond acceptors (Lipinski definition) is 6. The zero-order valence-corrected chi connectivity index (χ0v) is 18.2. The molecule has 3 rings (SSSR count). The Labute approximate surface area is 182 Å². The van der Waals surface area contributed by atoms with E-state index >= 15 is 0 Å². The smallest absolute Gasteiger partial charge is 0.236 e. The van der Waals surface area contributed by atoms with E-state index in [-0.39, 0.29) is 18.3 Å². The first kappa shape index (κ1) is 21.4. The number of rotatable bonds is 8. The molecule has 0 aliphatic carbocycles. The minimum absolute atomic E-state index is 0.180. The zero-order chi connectivity index (χ0) is 20.8. The van der Waals surface area contributed by atoms with Gasteiger partial charge in [-0.3, -0.25) is 4.79 Å². The molecule has 0 aliphatic rings. The van der Waals surface area contributed by atoms with Crippen molar-refractivity contribution in [2.45, 2.75) is 32.2 Å². The maximum absolute atomic E-state index is 12.2. The van der Waals surface area contributed by atoms with Gasteiger partial charge < -0.3 is 14.6 Å². The van der Waals surface area contributed by atoms with Crippen molar-refractivity contribution in [3.8, 4) is 5.75 Å². The molecule has 2 heterocycles. The molecule has 3 aromatic rings. The van der Waals surface area contributed by atoms with Crippen LogP contribution in [0.1, 0.15) is 18.3 Å². The molecule has 152 valence electrons. The van der Waals surface area contributed by atoms with Crippen molar-refractivity contribution in [3.05, 3.63) is 58.0 Å². The van der Waals surface area contributed by atoms with Gasteiger partial charge in [0.2, 0.25) is 5.91 Å². The van der Waals surface area contributed by atoms with Crippen LogP contribution in [0.4, 0.5) is 5.82 Å². The Morgan fingerprint density at radius 2 is 2.00 bits per heavy atom. The van der Waals surface area contributed by atoms with E-state index in [0.717, 1.165) is 11.3 Å². The number of ether oxygens (including phenoxy) is 1. The maximum Gasteiger partial charge on any atom is 0.236 e. The monoisotopic (exact) mass is 451 g/mol. The lowest BCUT2D eigenvalue weighted by atomic mass is 10.2. The lowest BCUT2D eigenvalue weighted by Crippen LogP contribution is -2.15. The topological polar surface area (TPSA) is 81.9 Å². The molecule has 0 bridgehead atoms. The number of benzene rings is 1. The second kappa shape index (κ2) is 9.96. The molecule has 29 heavy (non-hydrogen) atoms. The molecule has 7 nitrogen and oxygen atoms in total. The average Bonchev–Trinajstić information content (AvgIpc) is 3.09. The highest BCUT2D eigenvalue weighted by atomic mass is 35.5. The molecule has 0 spiro atoms. The number of amides is 1. The lowest BCUT2D eigenvalue weighted by molar-refractivity contribution is -0.113. The summed E-state index contributed by atoms with van der Waals surface area (Å²) < 4.78 is 7.78. The quantitative estimate of drug-likeness (QED) is 0.503. The van der Waals surface area contributed by atoms with Crippen LogP contribution >= 0.6 is 35.0 Å². The first-order chi connectivity index (χ1) is 14.0. The fraction of sp³-hybridized carbons (Fsp3) is 0.263. The molecule has 0 unspecified atom stereocenters.